The van der Waals surface area contributed by atoms with E-state index < -0.39 is 11.9 Å². The third kappa shape index (κ3) is 2.93. The molecular weight excluding hydrogens is 249 g/mol. The molecule has 2 rings (SSSR count). The zero-order valence-electron chi connectivity index (χ0n) is 11.1. The molecular formula is C14H16FNO3. The largest absolute Gasteiger partial charge is 0.488 e. The molecule has 0 saturated carbocycles. The van der Waals surface area contributed by atoms with E-state index in [0.29, 0.717) is 17.1 Å². The van der Waals surface area contributed by atoms with Crippen molar-refractivity contribution < 1.29 is 18.8 Å². The highest BCUT2D eigenvalue weighted by Crippen LogP contribution is 2.27. The third-order valence-electron chi connectivity index (χ3n) is 2.98. The van der Waals surface area contributed by atoms with E-state index >= 15 is 0 Å². The molecule has 1 aromatic heterocycles. The number of rotatable bonds is 4. The molecule has 0 bridgehead atoms. The van der Waals surface area contributed by atoms with E-state index in [4.69, 9.17) is 9.26 Å². The summed E-state index contributed by atoms with van der Waals surface area (Å²) in [7, 11) is 0. The van der Waals surface area contributed by atoms with Gasteiger partial charge < -0.3 is 14.4 Å². The molecule has 102 valence electrons. The average Bonchev–Trinajstić information content (AvgIpc) is 2.66. The van der Waals surface area contributed by atoms with Gasteiger partial charge in [-0.15, -0.1) is 0 Å². The van der Waals surface area contributed by atoms with Gasteiger partial charge in [-0.1, -0.05) is 5.16 Å². The molecule has 0 fully saturated rings. The summed E-state index contributed by atoms with van der Waals surface area (Å²) in [6.45, 7) is 5.44. The summed E-state index contributed by atoms with van der Waals surface area (Å²) < 4.78 is 23.9. The van der Waals surface area contributed by atoms with Gasteiger partial charge in [0.25, 0.3) is 0 Å². The predicted octanol–water partition coefficient (Wildman–Crippen LogP) is 3.06. The van der Waals surface area contributed by atoms with Crippen molar-refractivity contribution in [3.63, 3.8) is 0 Å². The number of benzene rings is 1. The smallest absolute Gasteiger partial charge is 0.140 e. The van der Waals surface area contributed by atoms with Crippen LogP contribution in [0.2, 0.25) is 0 Å². The number of hydrogen-bond acceptors (Lipinski definition) is 4. The van der Waals surface area contributed by atoms with Crippen molar-refractivity contribution in [2.24, 2.45) is 0 Å². The molecule has 4 nitrogen and oxygen atoms in total. The maximum Gasteiger partial charge on any atom is 0.140 e. The van der Waals surface area contributed by atoms with E-state index in [9.17, 15) is 9.50 Å². The molecule has 0 spiro atoms. The monoisotopic (exact) mass is 265 g/mol. The molecule has 2 aromatic rings. The number of halogens is 1. The Hall–Kier alpha value is -1.88. The number of aliphatic hydroxyl groups excluding tert-OH is 1. The zero-order chi connectivity index (χ0) is 14.0. The Morgan fingerprint density at radius 2 is 2.16 bits per heavy atom. The highest BCUT2D eigenvalue weighted by atomic mass is 19.1. The third-order valence-corrected chi connectivity index (χ3v) is 2.98. The normalized spacial score (nSPS) is 12.5. The van der Waals surface area contributed by atoms with Crippen molar-refractivity contribution in [3.05, 3.63) is 46.6 Å². The Bertz CT molecular complexity index is 559. The van der Waals surface area contributed by atoms with Crippen LogP contribution >= 0.6 is 0 Å². The van der Waals surface area contributed by atoms with Crippen LogP contribution in [0.3, 0.4) is 0 Å². The summed E-state index contributed by atoms with van der Waals surface area (Å²) in [6.07, 6.45) is -0.722. The number of aliphatic hydroxyl groups is 1. The molecule has 1 aromatic carbocycles. The first-order chi connectivity index (χ1) is 8.99. The van der Waals surface area contributed by atoms with Crippen LogP contribution in [0.15, 0.2) is 22.7 Å². The van der Waals surface area contributed by atoms with Crippen LogP contribution in [-0.4, -0.2) is 10.3 Å². The van der Waals surface area contributed by atoms with Gasteiger partial charge in [0.05, 0.1) is 17.4 Å². The maximum absolute atomic E-state index is 13.2. The first kappa shape index (κ1) is 13.5. The SMILES string of the molecule is Cc1noc(C)c1COc1cc(F)ccc1C(C)O. The van der Waals surface area contributed by atoms with Crippen LogP contribution in [0, 0.1) is 19.7 Å². The lowest BCUT2D eigenvalue weighted by molar-refractivity contribution is 0.189. The lowest BCUT2D eigenvalue weighted by Gasteiger charge is -2.13. The fraction of sp³-hybridized carbons (Fsp3) is 0.357. The van der Waals surface area contributed by atoms with E-state index in [1.807, 2.05) is 6.92 Å². The summed E-state index contributed by atoms with van der Waals surface area (Å²) in [5, 5.41) is 13.5. The van der Waals surface area contributed by atoms with Gasteiger partial charge in [0.15, 0.2) is 0 Å². The molecule has 19 heavy (non-hydrogen) atoms. The topological polar surface area (TPSA) is 55.5 Å². The second kappa shape index (κ2) is 5.40. The van der Waals surface area contributed by atoms with Gasteiger partial charge in [-0.3, -0.25) is 0 Å². The summed E-state index contributed by atoms with van der Waals surface area (Å²) in [5.74, 6) is 0.598. The van der Waals surface area contributed by atoms with Crippen molar-refractivity contribution in [1.82, 2.24) is 5.16 Å². The number of hydrogen-bond donors (Lipinski definition) is 1. The van der Waals surface area contributed by atoms with Gasteiger partial charge in [-0.25, -0.2) is 4.39 Å². The lowest BCUT2D eigenvalue weighted by atomic mass is 10.1. The van der Waals surface area contributed by atoms with Gasteiger partial charge in [0, 0.05) is 11.6 Å². The fourth-order valence-corrected chi connectivity index (χ4v) is 1.84. The molecule has 1 unspecified atom stereocenters. The maximum atomic E-state index is 13.2. The molecule has 0 saturated heterocycles. The van der Waals surface area contributed by atoms with E-state index in [1.165, 1.54) is 18.2 Å². The molecule has 0 aliphatic rings. The molecule has 1 atom stereocenters. The van der Waals surface area contributed by atoms with Crippen LogP contribution in [0.25, 0.3) is 0 Å². The number of nitrogens with zero attached hydrogens (tertiary/aromatic N) is 1. The number of ether oxygens (including phenoxy) is 1. The fourth-order valence-electron chi connectivity index (χ4n) is 1.84. The van der Waals surface area contributed by atoms with E-state index in [-0.39, 0.29) is 6.61 Å². The minimum Gasteiger partial charge on any atom is -0.488 e. The minimum absolute atomic E-state index is 0.227. The van der Waals surface area contributed by atoms with Gasteiger partial charge >= 0.3 is 0 Å². The number of aromatic nitrogens is 1. The summed E-state index contributed by atoms with van der Waals surface area (Å²) in [6, 6.07) is 4.08. The molecule has 1 heterocycles. The van der Waals surface area contributed by atoms with E-state index in [0.717, 1.165) is 11.3 Å². The van der Waals surface area contributed by atoms with Crippen molar-refractivity contribution in [3.8, 4) is 5.75 Å². The second-order valence-corrected chi connectivity index (χ2v) is 4.45. The quantitative estimate of drug-likeness (QED) is 0.923. The van der Waals surface area contributed by atoms with Crippen molar-refractivity contribution >= 4 is 0 Å². The van der Waals surface area contributed by atoms with Crippen molar-refractivity contribution in [2.75, 3.05) is 0 Å². The summed E-state index contributed by atoms with van der Waals surface area (Å²) >= 11 is 0. The average molecular weight is 265 g/mol. The molecule has 0 aliphatic heterocycles. The summed E-state index contributed by atoms with van der Waals surface area (Å²) in [4.78, 5) is 0. The van der Waals surface area contributed by atoms with Crippen LogP contribution in [0.4, 0.5) is 4.39 Å². The standard InChI is InChI=1S/C14H16FNO3/c1-8-13(10(3)19-16-8)7-18-14-6-11(15)4-5-12(14)9(2)17/h4-6,9,17H,7H2,1-3H3. The molecule has 0 amide bonds. The van der Waals surface area contributed by atoms with Gasteiger partial charge in [-0.2, -0.15) is 0 Å². The van der Waals surface area contributed by atoms with Crippen LogP contribution in [0.1, 0.15) is 35.6 Å². The minimum atomic E-state index is -0.722. The van der Waals surface area contributed by atoms with E-state index in [1.54, 1.807) is 13.8 Å². The van der Waals surface area contributed by atoms with Crippen molar-refractivity contribution in [2.45, 2.75) is 33.5 Å². The molecule has 1 N–H and O–H groups in total. The van der Waals surface area contributed by atoms with Crippen molar-refractivity contribution in [1.29, 1.82) is 0 Å². The van der Waals surface area contributed by atoms with Gasteiger partial charge in [0.2, 0.25) is 0 Å². The second-order valence-electron chi connectivity index (χ2n) is 4.45. The Morgan fingerprint density at radius 3 is 2.74 bits per heavy atom. The van der Waals surface area contributed by atoms with Crippen LogP contribution in [0.5, 0.6) is 5.75 Å². The highest BCUT2D eigenvalue weighted by Gasteiger charge is 2.13. The molecule has 0 radical (unpaired) electrons. The number of aryl methyl sites for hydroxylation is 2. The molecule has 5 heteroatoms. The Labute approximate surface area is 110 Å². The summed E-state index contributed by atoms with van der Waals surface area (Å²) in [5.41, 5.74) is 2.13. The first-order valence-electron chi connectivity index (χ1n) is 6.01. The first-order valence-corrected chi connectivity index (χ1v) is 6.01. The molecule has 0 aliphatic carbocycles. The predicted molar refractivity (Wildman–Crippen MR) is 67.3 cm³/mol. The Kier molecular flexibility index (Phi) is 3.85. The lowest BCUT2D eigenvalue weighted by Crippen LogP contribution is -2.02. The van der Waals surface area contributed by atoms with E-state index in [2.05, 4.69) is 5.16 Å². The van der Waals surface area contributed by atoms with Crippen LogP contribution in [-0.2, 0) is 6.61 Å². The highest BCUT2D eigenvalue weighted by molar-refractivity contribution is 5.36. The Morgan fingerprint density at radius 1 is 1.42 bits per heavy atom. The van der Waals surface area contributed by atoms with Gasteiger partial charge in [-0.05, 0) is 32.9 Å². The zero-order valence-corrected chi connectivity index (χ0v) is 11.1. The van der Waals surface area contributed by atoms with Gasteiger partial charge in [0.1, 0.15) is 23.9 Å². The Balaban J connectivity index is 2.22. The van der Waals surface area contributed by atoms with Crippen LogP contribution < -0.4 is 4.74 Å².